The molecular weight excluding hydrogens is 298 g/mol. The Hall–Kier alpha value is -2.26. The van der Waals surface area contributed by atoms with Gasteiger partial charge in [-0.1, -0.05) is 0 Å². The smallest absolute Gasteiger partial charge is 0.335 e. The maximum absolute atomic E-state index is 12.4. The topological polar surface area (TPSA) is 149 Å². The maximum atomic E-state index is 12.4. The number of aromatic carboxylic acids is 1. The Labute approximate surface area is 133 Å². The number of benzene rings is 1. The van der Waals surface area contributed by atoms with E-state index in [9.17, 15) is 9.59 Å². The maximum Gasteiger partial charge on any atom is 0.335 e. The average molecular weight is 319 g/mol. The quantitative estimate of drug-likeness (QED) is 0.352. The van der Waals surface area contributed by atoms with Crippen molar-refractivity contribution in [2.75, 3.05) is 6.54 Å². The molecule has 0 spiro atoms. The lowest BCUT2D eigenvalue weighted by Crippen LogP contribution is -2.45. The van der Waals surface area contributed by atoms with Crippen LogP contribution in [-0.2, 0) is 0 Å². The van der Waals surface area contributed by atoms with Crippen molar-refractivity contribution in [3.63, 3.8) is 0 Å². The van der Waals surface area contributed by atoms with Gasteiger partial charge < -0.3 is 22.3 Å². The van der Waals surface area contributed by atoms with Crippen LogP contribution in [0.25, 0.3) is 10.9 Å². The van der Waals surface area contributed by atoms with E-state index < -0.39 is 18.3 Å². The highest BCUT2D eigenvalue weighted by Gasteiger charge is 2.17. The van der Waals surface area contributed by atoms with Crippen LogP contribution in [0.3, 0.4) is 0 Å². The first-order valence-corrected chi connectivity index (χ1v) is 7.29. The van der Waals surface area contributed by atoms with Crippen molar-refractivity contribution >= 4 is 22.8 Å². The summed E-state index contributed by atoms with van der Waals surface area (Å²) in [6.07, 6.45) is 2.18. The van der Waals surface area contributed by atoms with E-state index in [0.29, 0.717) is 30.3 Å². The number of carbonyl (C=O) groups is 2. The van der Waals surface area contributed by atoms with Crippen molar-refractivity contribution in [1.82, 2.24) is 9.88 Å². The number of fused-ring (bicyclic) bond motifs is 1. The van der Waals surface area contributed by atoms with Crippen LogP contribution in [0.1, 0.15) is 28.0 Å². The van der Waals surface area contributed by atoms with Crippen LogP contribution in [0.2, 0.25) is 0 Å². The fraction of sp³-hybridized carbons (Fsp3) is 0.333. The molecule has 0 aliphatic heterocycles. The van der Waals surface area contributed by atoms with Crippen molar-refractivity contribution in [2.45, 2.75) is 25.2 Å². The predicted molar refractivity (Wildman–Crippen MR) is 86.9 cm³/mol. The number of rotatable bonds is 7. The molecule has 0 radical (unpaired) electrons. The van der Waals surface area contributed by atoms with Crippen molar-refractivity contribution in [2.24, 2.45) is 17.2 Å². The molecule has 8 N–H and O–H groups in total. The third kappa shape index (κ3) is 4.14. The lowest BCUT2D eigenvalue weighted by molar-refractivity contribution is 0.0696. The van der Waals surface area contributed by atoms with Crippen molar-refractivity contribution < 1.29 is 14.7 Å². The summed E-state index contributed by atoms with van der Waals surface area (Å²) >= 11 is 0. The van der Waals surface area contributed by atoms with Gasteiger partial charge in [0.25, 0.3) is 0 Å². The minimum atomic E-state index is -1.01. The molecule has 2 rings (SSSR count). The van der Waals surface area contributed by atoms with Gasteiger partial charge in [0.1, 0.15) is 6.29 Å². The Balaban J connectivity index is 2.07. The van der Waals surface area contributed by atoms with Crippen molar-refractivity contribution in [1.29, 1.82) is 0 Å². The third-order valence-electron chi connectivity index (χ3n) is 3.56. The van der Waals surface area contributed by atoms with Gasteiger partial charge in [-0.3, -0.25) is 14.7 Å². The fourth-order valence-corrected chi connectivity index (χ4v) is 2.36. The van der Waals surface area contributed by atoms with E-state index in [1.807, 2.05) is 0 Å². The van der Waals surface area contributed by atoms with E-state index in [-0.39, 0.29) is 11.5 Å². The van der Waals surface area contributed by atoms with E-state index in [1.54, 1.807) is 18.3 Å². The molecule has 0 unspecified atom stereocenters. The first-order chi connectivity index (χ1) is 10.9. The van der Waals surface area contributed by atoms with Crippen LogP contribution in [0.15, 0.2) is 30.5 Å². The summed E-state index contributed by atoms with van der Waals surface area (Å²) in [4.78, 5) is 23.4. The highest BCUT2D eigenvalue weighted by molar-refractivity contribution is 5.98. The van der Waals surface area contributed by atoms with Gasteiger partial charge in [-0.15, -0.1) is 0 Å². The number of hydrogen-bond acceptors (Lipinski definition) is 6. The lowest BCUT2D eigenvalue weighted by Gasteiger charge is -2.13. The zero-order chi connectivity index (χ0) is 17.0. The third-order valence-corrected chi connectivity index (χ3v) is 3.56. The highest BCUT2D eigenvalue weighted by atomic mass is 16.4. The summed E-state index contributed by atoms with van der Waals surface area (Å²) in [6.45, 7) is 0.576. The molecule has 1 atom stereocenters. The summed E-state index contributed by atoms with van der Waals surface area (Å²) in [5, 5.41) is 12.5. The Morgan fingerprint density at radius 1 is 1.22 bits per heavy atom. The summed E-state index contributed by atoms with van der Waals surface area (Å²) in [5.41, 5.74) is 17.5. The second-order valence-corrected chi connectivity index (χ2v) is 5.33. The molecule has 0 aliphatic carbocycles. The number of nitrogens with zero attached hydrogens (tertiary/aromatic N) is 1. The lowest BCUT2D eigenvalue weighted by atomic mass is 10.1. The summed E-state index contributed by atoms with van der Waals surface area (Å²) in [5.74, 6) is -1.24. The van der Waals surface area contributed by atoms with Crippen LogP contribution in [0, 0.1) is 0 Å². The van der Waals surface area contributed by atoms with Gasteiger partial charge in [-0.25, -0.2) is 4.79 Å². The first-order valence-electron chi connectivity index (χ1n) is 7.29. The van der Waals surface area contributed by atoms with E-state index in [1.165, 1.54) is 16.7 Å². The number of aromatic nitrogens is 1. The van der Waals surface area contributed by atoms with Gasteiger partial charge in [-0.2, -0.15) is 0 Å². The van der Waals surface area contributed by atoms with Gasteiger partial charge >= 0.3 is 5.97 Å². The molecule has 0 saturated carbocycles. The van der Waals surface area contributed by atoms with Crippen LogP contribution < -0.4 is 22.5 Å². The van der Waals surface area contributed by atoms with Gasteiger partial charge in [0.2, 0.25) is 5.91 Å². The van der Waals surface area contributed by atoms with Gasteiger partial charge in [0, 0.05) is 11.6 Å². The molecule has 1 aromatic carbocycles. The van der Waals surface area contributed by atoms with Gasteiger partial charge in [0.05, 0.1) is 17.1 Å². The second kappa shape index (κ2) is 7.34. The summed E-state index contributed by atoms with van der Waals surface area (Å²) in [6, 6.07) is 5.65. The summed E-state index contributed by atoms with van der Waals surface area (Å²) < 4.78 is 1.45. The standard InChI is InChI=1S/C15H21N5O3/c16-11(2-1-6-19-15(17)18)13(21)20-7-5-9-8-10(14(22)23)3-4-12(9)20/h3-5,7-8,11,15,19H,1-2,6,16-18H2,(H,22,23)/t11-/m0/s1. The normalized spacial score (nSPS) is 12.7. The van der Waals surface area contributed by atoms with E-state index >= 15 is 0 Å². The predicted octanol–water partition coefficient (Wildman–Crippen LogP) is -0.122. The molecule has 2 aromatic rings. The summed E-state index contributed by atoms with van der Waals surface area (Å²) in [7, 11) is 0. The van der Waals surface area contributed by atoms with Gasteiger partial charge in [-0.05, 0) is 43.7 Å². The van der Waals surface area contributed by atoms with E-state index in [4.69, 9.17) is 22.3 Å². The van der Waals surface area contributed by atoms with Crippen LogP contribution >= 0.6 is 0 Å². The highest BCUT2D eigenvalue weighted by Crippen LogP contribution is 2.18. The number of carboxylic acids is 1. The van der Waals surface area contributed by atoms with E-state index in [0.717, 1.165) is 0 Å². The molecule has 0 saturated heterocycles. The Morgan fingerprint density at radius 3 is 2.61 bits per heavy atom. The number of carbonyl (C=O) groups excluding carboxylic acids is 1. The Morgan fingerprint density at radius 2 is 1.96 bits per heavy atom. The SMILES string of the molecule is NC(N)NCCC[C@H](N)C(=O)n1ccc2cc(C(=O)O)ccc21. The second-order valence-electron chi connectivity index (χ2n) is 5.33. The van der Waals surface area contributed by atoms with E-state index in [2.05, 4.69) is 5.32 Å². The molecule has 8 nitrogen and oxygen atoms in total. The first kappa shape index (κ1) is 17.1. The van der Waals surface area contributed by atoms with Crippen molar-refractivity contribution in [3.05, 3.63) is 36.0 Å². The van der Waals surface area contributed by atoms with Crippen LogP contribution in [-0.4, -0.2) is 40.4 Å². The largest absolute Gasteiger partial charge is 0.478 e. The molecule has 0 aliphatic rings. The number of hydrogen-bond donors (Lipinski definition) is 5. The Bertz CT molecular complexity index is 710. The molecule has 23 heavy (non-hydrogen) atoms. The Kier molecular flexibility index (Phi) is 5.45. The molecule has 124 valence electrons. The van der Waals surface area contributed by atoms with Gasteiger partial charge in [0.15, 0.2) is 0 Å². The monoisotopic (exact) mass is 319 g/mol. The molecule has 1 aromatic heterocycles. The fourth-order valence-electron chi connectivity index (χ4n) is 2.36. The number of nitrogens with two attached hydrogens (primary N) is 3. The zero-order valence-electron chi connectivity index (χ0n) is 12.6. The molecule has 8 heteroatoms. The average Bonchev–Trinajstić information content (AvgIpc) is 2.93. The minimum Gasteiger partial charge on any atom is -0.478 e. The molecule has 0 bridgehead atoms. The molecule has 0 fully saturated rings. The zero-order valence-corrected chi connectivity index (χ0v) is 12.6. The molecule has 1 heterocycles. The van der Waals surface area contributed by atoms with Crippen LogP contribution in [0.4, 0.5) is 0 Å². The van der Waals surface area contributed by atoms with Crippen LogP contribution in [0.5, 0.6) is 0 Å². The number of nitrogens with one attached hydrogen (secondary N) is 1. The number of carboxylic acid groups (broad SMARTS) is 1. The minimum absolute atomic E-state index is 0.177. The van der Waals surface area contributed by atoms with Crippen molar-refractivity contribution in [3.8, 4) is 0 Å². The molecular formula is C15H21N5O3. The molecule has 0 amide bonds.